The van der Waals surface area contributed by atoms with Gasteiger partial charge < -0.3 is 11.1 Å². The summed E-state index contributed by atoms with van der Waals surface area (Å²) in [6.07, 6.45) is 3.32. The van der Waals surface area contributed by atoms with Gasteiger partial charge in [0, 0.05) is 9.77 Å². The van der Waals surface area contributed by atoms with Gasteiger partial charge in [-0.25, -0.2) is 0 Å². The molecule has 1 aliphatic rings. The molecule has 1 aromatic carbocycles. The van der Waals surface area contributed by atoms with E-state index in [1.807, 2.05) is 30.3 Å². The van der Waals surface area contributed by atoms with Gasteiger partial charge in [0.15, 0.2) is 0 Å². The molecule has 1 atom stereocenters. The number of primary amides is 1. The van der Waals surface area contributed by atoms with Crippen LogP contribution in [-0.4, -0.2) is 17.6 Å². The quantitative estimate of drug-likeness (QED) is 0.799. The van der Waals surface area contributed by atoms with Gasteiger partial charge >= 0.3 is 0 Å². The second-order valence-corrected chi connectivity index (χ2v) is 8.27. The fraction of sp³-hybridized carbons (Fsp3) is 0.333. The van der Waals surface area contributed by atoms with Crippen molar-refractivity contribution in [1.29, 1.82) is 0 Å². The zero-order valence-corrected chi connectivity index (χ0v) is 15.1. The molecule has 6 heteroatoms. The molecule has 1 heterocycles. The first kappa shape index (κ1) is 17.0. The smallest absolute Gasteiger partial charge is 0.265 e. The number of carbonyl (C=O) groups excluding carboxylic acids is 2. The van der Waals surface area contributed by atoms with Crippen LogP contribution in [0.5, 0.6) is 0 Å². The van der Waals surface area contributed by atoms with Crippen LogP contribution in [0.4, 0.5) is 5.69 Å². The van der Waals surface area contributed by atoms with Gasteiger partial charge in [-0.3, -0.25) is 9.59 Å². The van der Waals surface area contributed by atoms with Crippen LogP contribution in [0.2, 0.25) is 0 Å². The van der Waals surface area contributed by atoms with Crippen molar-refractivity contribution >= 4 is 40.6 Å². The Morgan fingerprint density at radius 3 is 2.96 bits per heavy atom. The fourth-order valence-electron chi connectivity index (χ4n) is 2.85. The molecule has 1 aliphatic carbocycles. The Bertz CT molecular complexity index is 770. The van der Waals surface area contributed by atoms with Crippen molar-refractivity contribution in [3.63, 3.8) is 0 Å². The Morgan fingerprint density at radius 1 is 1.38 bits per heavy atom. The van der Waals surface area contributed by atoms with Crippen LogP contribution in [0.3, 0.4) is 0 Å². The van der Waals surface area contributed by atoms with Crippen LogP contribution >= 0.6 is 23.1 Å². The van der Waals surface area contributed by atoms with Crippen molar-refractivity contribution < 1.29 is 9.59 Å². The van der Waals surface area contributed by atoms with Crippen LogP contribution in [-0.2, 0) is 17.6 Å². The molecule has 0 fully saturated rings. The molecule has 2 amide bonds. The maximum absolute atomic E-state index is 12.6. The Kier molecular flexibility index (Phi) is 5.26. The minimum atomic E-state index is -0.374. The van der Waals surface area contributed by atoms with Crippen molar-refractivity contribution in [2.24, 2.45) is 11.7 Å². The number of nitrogens with two attached hydrogens (primary N) is 1. The molecule has 0 radical (unpaired) electrons. The van der Waals surface area contributed by atoms with E-state index in [1.165, 1.54) is 28.6 Å². The molecule has 0 spiro atoms. The first-order chi connectivity index (χ1) is 11.5. The second kappa shape index (κ2) is 7.40. The average molecular weight is 361 g/mol. The predicted molar refractivity (Wildman–Crippen MR) is 99.8 cm³/mol. The SMILES string of the molecule is C[C@@H]1CCc2sc(C(=O)Nc3ccccc3SCC(N)=O)cc2C1. The summed E-state index contributed by atoms with van der Waals surface area (Å²) in [5.74, 6) is 0.419. The summed E-state index contributed by atoms with van der Waals surface area (Å²) in [6.45, 7) is 2.26. The summed E-state index contributed by atoms with van der Waals surface area (Å²) in [5, 5.41) is 2.97. The molecular weight excluding hydrogens is 340 g/mol. The third kappa shape index (κ3) is 3.99. The molecule has 3 N–H and O–H groups in total. The molecule has 4 nitrogen and oxygen atoms in total. The number of thioether (sulfide) groups is 1. The monoisotopic (exact) mass is 360 g/mol. The van der Waals surface area contributed by atoms with Crippen molar-refractivity contribution in [3.05, 3.63) is 45.6 Å². The number of carbonyl (C=O) groups is 2. The standard InChI is InChI=1S/C18H20N2O2S2/c1-11-6-7-14-12(8-11)9-16(24-14)18(22)20-13-4-2-3-5-15(13)23-10-17(19)21/h2-5,9,11H,6-8,10H2,1H3,(H2,19,21)(H,20,22)/t11-/m1/s1. The summed E-state index contributed by atoms with van der Waals surface area (Å²) in [5.41, 5.74) is 7.24. The van der Waals surface area contributed by atoms with Gasteiger partial charge in [-0.15, -0.1) is 23.1 Å². The summed E-state index contributed by atoms with van der Waals surface area (Å²) in [7, 11) is 0. The van der Waals surface area contributed by atoms with Crippen LogP contribution in [0.15, 0.2) is 35.2 Å². The highest BCUT2D eigenvalue weighted by atomic mass is 32.2. The first-order valence-corrected chi connectivity index (χ1v) is 9.76. The van der Waals surface area contributed by atoms with E-state index in [0.717, 1.165) is 22.6 Å². The van der Waals surface area contributed by atoms with E-state index in [-0.39, 0.29) is 17.6 Å². The Morgan fingerprint density at radius 2 is 2.17 bits per heavy atom. The molecule has 0 saturated carbocycles. The largest absolute Gasteiger partial charge is 0.369 e. The number of anilines is 1. The fourth-order valence-corrected chi connectivity index (χ4v) is 4.70. The number of fused-ring (bicyclic) bond motifs is 1. The second-order valence-electron chi connectivity index (χ2n) is 6.11. The lowest BCUT2D eigenvalue weighted by Gasteiger charge is -2.16. The van der Waals surface area contributed by atoms with Gasteiger partial charge in [0.2, 0.25) is 5.91 Å². The number of hydrogen-bond acceptors (Lipinski definition) is 4. The Balaban J connectivity index is 1.74. The van der Waals surface area contributed by atoms with Crippen LogP contribution in [0.25, 0.3) is 0 Å². The zero-order valence-electron chi connectivity index (χ0n) is 13.5. The van der Waals surface area contributed by atoms with Crippen LogP contribution in [0, 0.1) is 5.92 Å². The van der Waals surface area contributed by atoms with Crippen molar-refractivity contribution in [3.8, 4) is 0 Å². The number of benzene rings is 1. The Hall–Kier alpha value is -1.79. The number of hydrogen-bond donors (Lipinski definition) is 2. The average Bonchev–Trinajstić information content (AvgIpc) is 2.97. The lowest BCUT2D eigenvalue weighted by Crippen LogP contribution is -2.14. The molecule has 0 aliphatic heterocycles. The van der Waals surface area contributed by atoms with E-state index >= 15 is 0 Å². The summed E-state index contributed by atoms with van der Waals surface area (Å²) in [4.78, 5) is 26.5. The Labute approximate surface area is 149 Å². The lowest BCUT2D eigenvalue weighted by molar-refractivity contribution is -0.115. The molecule has 126 valence electrons. The number of amides is 2. The number of nitrogens with one attached hydrogen (secondary N) is 1. The number of aryl methyl sites for hydroxylation is 1. The highest BCUT2D eigenvalue weighted by Gasteiger charge is 2.21. The molecule has 3 rings (SSSR count). The van der Waals surface area contributed by atoms with Gasteiger partial charge in [0.25, 0.3) is 5.91 Å². The van der Waals surface area contributed by atoms with Crippen LogP contribution < -0.4 is 11.1 Å². The van der Waals surface area contributed by atoms with Gasteiger partial charge in [0.1, 0.15) is 0 Å². The van der Waals surface area contributed by atoms with E-state index in [9.17, 15) is 9.59 Å². The van der Waals surface area contributed by atoms with Gasteiger partial charge in [-0.2, -0.15) is 0 Å². The zero-order chi connectivity index (χ0) is 17.1. The molecule has 1 aromatic heterocycles. The minimum Gasteiger partial charge on any atom is -0.369 e. The van der Waals surface area contributed by atoms with Gasteiger partial charge in [-0.05, 0) is 48.9 Å². The minimum absolute atomic E-state index is 0.0887. The van der Waals surface area contributed by atoms with Crippen molar-refractivity contribution in [1.82, 2.24) is 0 Å². The third-order valence-corrected chi connectivity index (χ3v) is 6.39. The normalized spacial score (nSPS) is 16.5. The third-order valence-electron chi connectivity index (χ3n) is 4.06. The molecular formula is C18H20N2O2S2. The van der Waals surface area contributed by atoms with Gasteiger partial charge in [-0.1, -0.05) is 19.1 Å². The molecule has 2 aromatic rings. The molecule has 0 saturated heterocycles. The highest BCUT2D eigenvalue weighted by Crippen LogP contribution is 2.33. The molecule has 0 bridgehead atoms. The topological polar surface area (TPSA) is 72.2 Å². The number of thiophene rings is 1. The van der Waals surface area contributed by atoms with Crippen LogP contribution in [0.1, 0.15) is 33.5 Å². The maximum atomic E-state index is 12.6. The van der Waals surface area contributed by atoms with E-state index in [1.54, 1.807) is 11.3 Å². The van der Waals surface area contributed by atoms with Gasteiger partial charge in [0.05, 0.1) is 16.3 Å². The van der Waals surface area contributed by atoms with E-state index in [2.05, 4.69) is 12.2 Å². The summed E-state index contributed by atoms with van der Waals surface area (Å²) in [6, 6.07) is 9.50. The first-order valence-electron chi connectivity index (χ1n) is 7.96. The van der Waals surface area contributed by atoms with Crippen molar-refractivity contribution in [2.45, 2.75) is 31.1 Å². The summed E-state index contributed by atoms with van der Waals surface area (Å²) >= 11 is 2.93. The molecule has 24 heavy (non-hydrogen) atoms. The lowest BCUT2D eigenvalue weighted by atomic mass is 9.90. The van der Waals surface area contributed by atoms with Crippen molar-refractivity contribution in [2.75, 3.05) is 11.1 Å². The summed E-state index contributed by atoms with van der Waals surface area (Å²) < 4.78 is 0. The number of rotatable bonds is 5. The molecule has 0 unspecified atom stereocenters. The predicted octanol–water partition coefficient (Wildman–Crippen LogP) is 3.70. The van der Waals surface area contributed by atoms with E-state index < -0.39 is 0 Å². The highest BCUT2D eigenvalue weighted by molar-refractivity contribution is 8.00. The number of para-hydroxylation sites is 1. The van der Waals surface area contributed by atoms with E-state index in [0.29, 0.717) is 11.6 Å². The maximum Gasteiger partial charge on any atom is 0.265 e. The van der Waals surface area contributed by atoms with E-state index in [4.69, 9.17) is 5.73 Å².